The van der Waals surface area contributed by atoms with Crippen LogP contribution in [-0.2, 0) is 13.0 Å². The number of aliphatic hydroxyl groups excluding tert-OH is 2. The summed E-state index contributed by atoms with van der Waals surface area (Å²) in [7, 11) is 0. The predicted octanol–water partition coefficient (Wildman–Crippen LogP) is 2.60. The third kappa shape index (κ3) is 5.46. The van der Waals surface area contributed by atoms with E-state index >= 15 is 0 Å². The lowest BCUT2D eigenvalue weighted by Crippen LogP contribution is -2.38. The van der Waals surface area contributed by atoms with Crippen molar-refractivity contribution in [2.45, 2.75) is 45.2 Å². The van der Waals surface area contributed by atoms with Gasteiger partial charge in [0.2, 0.25) is 0 Å². The van der Waals surface area contributed by atoms with Crippen LogP contribution in [0.4, 0.5) is 0 Å². The predicted molar refractivity (Wildman–Crippen MR) is 97.7 cm³/mol. The Labute approximate surface area is 161 Å². The third-order valence-corrected chi connectivity index (χ3v) is 3.76. The lowest BCUT2D eigenvalue weighted by molar-refractivity contribution is 0.163. The molecule has 0 aliphatic heterocycles. The molecular weight excluding hydrogens is 318 g/mol. The summed E-state index contributed by atoms with van der Waals surface area (Å²) in [6.45, 7) is -11.5. The number of β-amino-alcohol motifs (C(OH)–C–C–N with tert-alkyl or cyclic N) is 1. The van der Waals surface area contributed by atoms with Crippen LogP contribution in [0.2, 0.25) is 0 Å². The topological polar surface area (TPSA) is 93.0 Å². The smallest absolute Gasteiger partial charge is 0.121 e. The van der Waals surface area contributed by atoms with Crippen LogP contribution in [0, 0.1) is 0 Å². The SMILES string of the molecule is [2H]C([2H])([2H])C(NCC(O)c1ccc(O)c(Cc2ccc(O)c(CO)c2)c1)(C([2H])([2H])[2H])C([2H])([2H])[2H]. The van der Waals surface area contributed by atoms with Crippen LogP contribution in [0.1, 0.15) is 61.3 Å². The minimum atomic E-state index is -3.45. The van der Waals surface area contributed by atoms with Gasteiger partial charge in [0.1, 0.15) is 11.5 Å². The fourth-order valence-corrected chi connectivity index (χ4v) is 2.42. The highest BCUT2D eigenvalue weighted by atomic mass is 16.3. The number of aromatic hydroxyl groups is 2. The Hall–Kier alpha value is -2.08. The maximum atomic E-state index is 10.6. The van der Waals surface area contributed by atoms with Gasteiger partial charge in [0.25, 0.3) is 0 Å². The van der Waals surface area contributed by atoms with Crippen molar-refractivity contribution in [1.82, 2.24) is 5.32 Å². The number of aliphatic hydroxyl groups is 2. The number of rotatable bonds is 6. The molecule has 0 bridgehead atoms. The molecule has 0 heterocycles. The first-order valence-corrected chi connectivity index (χ1v) is 7.61. The largest absolute Gasteiger partial charge is 0.508 e. The van der Waals surface area contributed by atoms with Crippen LogP contribution in [0.15, 0.2) is 36.4 Å². The molecule has 0 aliphatic carbocycles. The molecule has 2 aromatic rings. The van der Waals surface area contributed by atoms with Crippen LogP contribution >= 0.6 is 0 Å². The number of nitrogens with one attached hydrogen (secondary N) is 1. The molecule has 0 aliphatic rings. The van der Waals surface area contributed by atoms with Crippen molar-refractivity contribution in [3.05, 3.63) is 58.7 Å². The minimum absolute atomic E-state index is 0.0908. The number of phenolic OH excluding ortho intramolecular Hbond substituents is 1. The molecule has 1 unspecified atom stereocenters. The molecule has 5 nitrogen and oxygen atoms in total. The Morgan fingerprint density at radius 2 is 1.72 bits per heavy atom. The van der Waals surface area contributed by atoms with E-state index in [4.69, 9.17) is 12.3 Å². The normalized spacial score (nSPS) is 19.8. The molecule has 1 atom stereocenters. The summed E-state index contributed by atoms with van der Waals surface area (Å²) >= 11 is 0. The lowest BCUT2D eigenvalue weighted by atomic mass is 9.98. The first kappa shape index (κ1) is 10.2. The molecule has 0 saturated heterocycles. The second-order valence-electron chi connectivity index (χ2n) is 5.83. The molecule has 0 radical (unpaired) electrons. The average molecular weight is 354 g/mol. The van der Waals surface area contributed by atoms with Gasteiger partial charge in [-0.05, 0) is 61.5 Å². The summed E-state index contributed by atoms with van der Waals surface area (Å²) in [4.78, 5) is 0. The van der Waals surface area contributed by atoms with Crippen LogP contribution < -0.4 is 5.32 Å². The quantitative estimate of drug-likeness (QED) is 0.550. The van der Waals surface area contributed by atoms with Crippen molar-refractivity contribution < 1.29 is 32.8 Å². The molecule has 2 rings (SSSR count). The summed E-state index contributed by atoms with van der Waals surface area (Å²) in [6, 6.07) is 8.54. The Morgan fingerprint density at radius 1 is 1.04 bits per heavy atom. The maximum absolute atomic E-state index is 10.6. The summed E-state index contributed by atoms with van der Waals surface area (Å²) in [5.41, 5.74) is -1.84. The monoisotopic (exact) mass is 354 g/mol. The highest BCUT2D eigenvalue weighted by molar-refractivity contribution is 5.43. The first-order valence-electron chi connectivity index (χ1n) is 12.1. The number of phenols is 2. The number of hydrogen-bond donors (Lipinski definition) is 5. The fraction of sp³-hybridized carbons (Fsp3) is 0.400. The Balaban J connectivity index is 2.33. The van der Waals surface area contributed by atoms with Crippen LogP contribution in [0.3, 0.4) is 0 Å². The van der Waals surface area contributed by atoms with Crippen molar-refractivity contribution in [2.75, 3.05) is 6.54 Å². The molecule has 5 heteroatoms. The van der Waals surface area contributed by atoms with Crippen molar-refractivity contribution in [3.8, 4) is 11.5 Å². The van der Waals surface area contributed by atoms with Crippen molar-refractivity contribution in [1.29, 1.82) is 0 Å². The second-order valence-corrected chi connectivity index (χ2v) is 5.83. The van der Waals surface area contributed by atoms with Gasteiger partial charge in [-0.1, -0.05) is 12.1 Å². The first-order chi connectivity index (χ1) is 15.4. The Kier molecular flexibility index (Phi) is 3.20. The van der Waals surface area contributed by atoms with E-state index in [-0.39, 0.29) is 29.0 Å². The fourth-order valence-electron chi connectivity index (χ4n) is 2.42. The van der Waals surface area contributed by atoms with E-state index in [9.17, 15) is 20.4 Å². The molecule has 0 amide bonds. The zero-order chi connectivity index (χ0) is 26.1. The average Bonchev–Trinajstić information content (AvgIpc) is 2.68. The van der Waals surface area contributed by atoms with E-state index in [1.807, 2.05) is 0 Å². The number of hydrogen-bond acceptors (Lipinski definition) is 5. The van der Waals surface area contributed by atoms with E-state index < -0.39 is 45.4 Å². The lowest BCUT2D eigenvalue weighted by Gasteiger charge is -2.23. The molecule has 0 spiro atoms. The summed E-state index contributed by atoms with van der Waals surface area (Å²) < 4.78 is 68.7. The van der Waals surface area contributed by atoms with E-state index in [2.05, 4.69) is 5.32 Å². The van der Waals surface area contributed by atoms with Crippen molar-refractivity contribution in [3.63, 3.8) is 0 Å². The molecule has 25 heavy (non-hydrogen) atoms. The summed E-state index contributed by atoms with van der Waals surface area (Å²) in [6.07, 6.45) is -1.35. The third-order valence-electron chi connectivity index (χ3n) is 3.76. The highest BCUT2D eigenvalue weighted by Crippen LogP contribution is 2.27. The van der Waals surface area contributed by atoms with Crippen molar-refractivity contribution >= 4 is 0 Å². The van der Waals surface area contributed by atoms with Gasteiger partial charge in [0.05, 0.1) is 12.7 Å². The van der Waals surface area contributed by atoms with Crippen LogP contribution in [-0.4, -0.2) is 32.5 Å². The second kappa shape index (κ2) is 7.87. The van der Waals surface area contributed by atoms with Gasteiger partial charge in [-0.3, -0.25) is 0 Å². The van der Waals surface area contributed by atoms with Crippen LogP contribution in [0.5, 0.6) is 11.5 Å². The van der Waals surface area contributed by atoms with E-state index in [0.717, 1.165) is 0 Å². The van der Waals surface area contributed by atoms with Gasteiger partial charge in [0.15, 0.2) is 0 Å². The van der Waals surface area contributed by atoms with E-state index in [0.29, 0.717) is 11.1 Å². The minimum Gasteiger partial charge on any atom is -0.508 e. The van der Waals surface area contributed by atoms with Gasteiger partial charge < -0.3 is 25.7 Å². The molecule has 0 aromatic heterocycles. The standard InChI is InChI=1S/C20H27NO4/c1-20(2,3)21-11-19(25)14-5-7-17(23)15(10-14)8-13-4-6-18(24)16(9-13)12-22/h4-7,9-10,19,21-25H,8,11-12H2,1-3H3/i1D3,2D3,3D3. The molecule has 2 aromatic carbocycles. The van der Waals surface area contributed by atoms with Crippen molar-refractivity contribution in [2.24, 2.45) is 0 Å². The number of benzene rings is 2. The Morgan fingerprint density at radius 3 is 2.40 bits per heavy atom. The van der Waals surface area contributed by atoms with Gasteiger partial charge in [0, 0.05) is 36.4 Å². The molecule has 0 fully saturated rings. The molecule has 5 N–H and O–H groups in total. The molecule has 0 saturated carbocycles. The molecular formula is C20H27NO4. The molecule has 136 valence electrons. The van der Waals surface area contributed by atoms with E-state index in [1.54, 1.807) is 6.07 Å². The van der Waals surface area contributed by atoms with E-state index in [1.165, 1.54) is 30.3 Å². The van der Waals surface area contributed by atoms with Crippen LogP contribution in [0.25, 0.3) is 0 Å². The van der Waals surface area contributed by atoms with Gasteiger partial charge in [-0.15, -0.1) is 0 Å². The van der Waals surface area contributed by atoms with Gasteiger partial charge >= 0.3 is 0 Å². The maximum Gasteiger partial charge on any atom is 0.121 e. The summed E-state index contributed by atoms with van der Waals surface area (Å²) in [5.74, 6) is -0.212. The Bertz CT molecular complexity index is 967. The highest BCUT2D eigenvalue weighted by Gasteiger charge is 2.15. The zero-order valence-electron chi connectivity index (χ0n) is 22.5. The zero-order valence-corrected chi connectivity index (χ0v) is 13.5. The van der Waals surface area contributed by atoms with Gasteiger partial charge in [-0.2, -0.15) is 0 Å². The summed E-state index contributed by atoms with van der Waals surface area (Å²) in [5, 5.41) is 41.9. The van der Waals surface area contributed by atoms with Gasteiger partial charge in [-0.25, -0.2) is 0 Å².